The van der Waals surface area contributed by atoms with Crippen LogP contribution in [0.1, 0.15) is 0 Å². The van der Waals surface area contributed by atoms with Gasteiger partial charge in [0.2, 0.25) is 5.95 Å². The van der Waals surface area contributed by atoms with Gasteiger partial charge in [0.05, 0.1) is 26.8 Å². The molecule has 0 aliphatic heterocycles. The van der Waals surface area contributed by atoms with Crippen molar-refractivity contribution >= 4 is 51.8 Å². The molecule has 3 nitrogen and oxygen atoms in total. The van der Waals surface area contributed by atoms with E-state index in [1.807, 2.05) is 0 Å². The Balaban J connectivity index is 2.32. The first-order valence-corrected chi connectivity index (χ1v) is 6.69. The van der Waals surface area contributed by atoms with Gasteiger partial charge >= 0.3 is 0 Å². The number of rotatable bonds is 1. The fourth-order valence-electron chi connectivity index (χ4n) is 2.01. The molecule has 0 aliphatic carbocycles. The van der Waals surface area contributed by atoms with Crippen molar-refractivity contribution in [3.63, 3.8) is 0 Å². The molecular formula is C13H7Cl3FN3. The maximum atomic E-state index is 13.5. The third kappa shape index (κ3) is 2.10. The summed E-state index contributed by atoms with van der Waals surface area (Å²) in [5, 5.41) is 0.391. The van der Waals surface area contributed by atoms with Crippen LogP contribution in [0.5, 0.6) is 0 Å². The van der Waals surface area contributed by atoms with Crippen LogP contribution in [0, 0.1) is 5.82 Å². The topological polar surface area (TPSA) is 43.8 Å². The summed E-state index contributed by atoms with van der Waals surface area (Å²) in [6.07, 6.45) is 0. The van der Waals surface area contributed by atoms with Gasteiger partial charge in [0.25, 0.3) is 0 Å². The van der Waals surface area contributed by atoms with E-state index in [0.717, 1.165) is 5.52 Å². The number of nitrogens with two attached hydrogens (primary N) is 1. The number of imidazole rings is 1. The first kappa shape index (κ1) is 13.5. The molecule has 0 bridgehead atoms. The zero-order valence-electron chi connectivity index (χ0n) is 9.87. The second-order valence-corrected chi connectivity index (χ2v) is 5.41. The van der Waals surface area contributed by atoms with Crippen molar-refractivity contribution in [2.45, 2.75) is 0 Å². The number of aromatic nitrogens is 2. The van der Waals surface area contributed by atoms with Gasteiger partial charge in [-0.2, -0.15) is 0 Å². The molecule has 3 aromatic rings. The molecule has 0 aliphatic rings. The van der Waals surface area contributed by atoms with Gasteiger partial charge < -0.3 is 5.73 Å². The highest BCUT2D eigenvalue weighted by molar-refractivity contribution is 6.35. The summed E-state index contributed by atoms with van der Waals surface area (Å²) in [4.78, 5) is 4.21. The highest BCUT2D eigenvalue weighted by Crippen LogP contribution is 2.31. The van der Waals surface area contributed by atoms with Crippen LogP contribution >= 0.6 is 34.8 Å². The Morgan fingerprint density at radius 3 is 2.35 bits per heavy atom. The van der Waals surface area contributed by atoms with Gasteiger partial charge in [-0.15, -0.1) is 0 Å². The lowest BCUT2D eigenvalue weighted by molar-refractivity contribution is 0.628. The molecule has 0 amide bonds. The maximum Gasteiger partial charge on any atom is 0.205 e. The van der Waals surface area contributed by atoms with E-state index in [1.54, 1.807) is 22.8 Å². The van der Waals surface area contributed by atoms with Crippen LogP contribution in [-0.2, 0) is 0 Å². The summed E-state index contributed by atoms with van der Waals surface area (Å²) in [5.74, 6) is -0.427. The van der Waals surface area contributed by atoms with Gasteiger partial charge in [-0.05, 0) is 30.3 Å². The predicted octanol–water partition coefficient (Wildman–Crippen LogP) is 4.71. The van der Waals surface area contributed by atoms with Crippen molar-refractivity contribution < 1.29 is 4.39 Å². The average Bonchev–Trinajstić information content (AvgIpc) is 2.70. The SMILES string of the molecule is Nc1nc2cc(Cl)ccc2n1-c1cc(Cl)c(F)c(Cl)c1. The van der Waals surface area contributed by atoms with Crippen molar-refractivity contribution in [2.24, 2.45) is 0 Å². The Bertz CT molecular complexity index is 806. The molecule has 3 rings (SSSR count). The summed E-state index contributed by atoms with van der Waals surface area (Å²) in [6.45, 7) is 0. The van der Waals surface area contributed by atoms with E-state index >= 15 is 0 Å². The van der Waals surface area contributed by atoms with Crippen molar-refractivity contribution in [3.05, 3.63) is 51.2 Å². The van der Waals surface area contributed by atoms with Gasteiger partial charge in [0, 0.05) is 5.02 Å². The van der Waals surface area contributed by atoms with E-state index in [0.29, 0.717) is 16.2 Å². The summed E-state index contributed by atoms with van der Waals surface area (Å²) >= 11 is 17.5. The fraction of sp³-hybridized carbons (Fsp3) is 0. The van der Waals surface area contributed by atoms with Crippen LogP contribution in [0.4, 0.5) is 10.3 Å². The Labute approximate surface area is 128 Å². The van der Waals surface area contributed by atoms with Gasteiger partial charge in [0.15, 0.2) is 5.82 Å². The van der Waals surface area contributed by atoms with Crippen LogP contribution in [-0.4, -0.2) is 9.55 Å². The van der Waals surface area contributed by atoms with Crippen LogP contribution in [0.25, 0.3) is 16.7 Å². The third-order valence-corrected chi connectivity index (χ3v) is 3.65. The largest absolute Gasteiger partial charge is 0.369 e. The quantitative estimate of drug-likeness (QED) is 0.657. The number of hydrogen-bond acceptors (Lipinski definition) is 2. The van der Waals surface area contributed by atoms with Gasteiger partial charge in [0.1, 0.15) is 0 Å². The number of hydrogen-bond donors (Lipinski definition) is 1. The molecule has 20 heavy (non-hydrogen) atoms. The fourth-order valence-corrected chi connectivity index (χ4v) is 2.66. The van der Waals surface area contributed by atoms with Gasteiger partial charge in [-0.25, -0.2) is 9.37 Å². The molecule has 0 atom stereocenters. The van der Waals surface area contributed by atoms with Crippen molar-refractivity contribution in [3.8, 4) is 5.69 Å². The molecule has 0 fully saturated rings. The Morgan fingerprint density at radius 2 is 1.70 bits per heavy atom. The Hall–Kier alpha value is -1.49. The molecule has 2 aromatic carbocycles. The van der Waals surface area contributed by atoms with Crippen molar-refractivity contribution in [2.75, 3.05) is 5.73 Å². The maximum absolute atomic E-state index is 13.5. The minimum atomic E-state index is -0.664. The molecule has 2 N–H and O–H groups in total. The highest BCUT2D eigenvalue weighted by atomic mass is 35.5. The first-order chi connectivity index (χ1) is 9.47. The number of fused-ring (bicyclic) bond motifs is 1. The number of anilines is 1. The zero-order chi connectivity index (χ0) is 14.4. The van der Waals surface area contributed by atoms with E-state index in [-0.39, 0.29) is 16.0 Å². The molecule has 0 spiro atoms. The van der Waals surface area contributed by atoms with Crippen LogP contribution in [0.3, 0.4) is 0 Å². The van der Waals surface area contributed by atoms with Crippen LogP contribution in [0.2, 0.25) is 15.1 Å². The van der Waals surface area contributed by atoms with Gasteiger partial charge in [-0.1, -0.05) is 34.8 Å². The lowest BCUT2D eigenvalue weighted by Crippen LogP contribution is -2.01. The van der Waals surface area contributed by atoms with Gasteiger partial charge in [-0.3, -0.25) is 4.57 Å². The van der Waals surface area contributed by atoms with E-state index in [1.165, 1.54) is 12.1 Å². The molecule has 0 radical (unpaired) electrons. The number of nitrogen functional groups attached to an aromatic ring is 1. The highest BCUT2D eigenvalue weighted by Gasteiger charge is 2.14. The second-order valence-electron chi connectivity index (χ2n) is 4.16. The zero-order valence-corrected chi connectivity index (χ0v) is 12.1. The second kappa shape index (κ2) is 4.81. The number of halogens is 4. The molecule has 0 saturated carbocycles. The molecule has 7 heteroatoms. The monoisotopic (exact) mass is 329 g/mol. The lowest BCUT2D eigenvalue weighted by Gasteiger charge is -2.08. The van der Waals surface area contributed by atoms with Crippen molar-refractivity contribution in [1.29, 1.82) is 0 Å². The van der Waals surface area contributed by atoms with Crippen LogP contribution < -0.4 is 5.73 Å². The third-order valence-electron chi connectivity index (χ3n) is 2.87. The van der Waals surface area contributed by atoms with E-state index < -0.39 is 5.82 Å². The molecule has 0 unspecified atom stereocenters. The molecule has 0 saturated heterocycles. The summed E-state index contributed by atoms with van der Waals surface area (Å²) in [5.41, 5.74) is 7.79. The molecule has 1 aromatic heterocycles. The minimum absolute atomic E-state index is 0.0808. The van der Waals surface area contributed by atoms with E-state index in [9.17, 15) is 4.39 Å². The van der Waals surface area contributed by atoms with E-state index in [2.05, 4.69) is 4.98 Å². The average molecular weight is 331 g/mol. The van der Waals surface area contributed by atoms with Crippen LogP contribution in [0.15, 0.2) is 30.3 Å². The Morgan fingerprint density at radius 1 is 1.05 bits per heavy atom. The number of nitrogens with zero attached hydrogens (tertiary/aromatic N) is 2. The standard InChI is InChI=1S/C13H7Cl3FN3/c14-6-1-2-11-10(3-6)19-13(18)20(11)7-4-8(15)12(17)9(16)5-7/h1-5H,(H2,18,19). The number of benzene rings is 2. The van der Waals surface area contributed by atoms with Crippen molar-refractivity contribution in [1.82, 2.24) is 9.55 Å². The summed E-state index contributed by atoms with van der Waals surface area (Å²) in [6, 6.07) is 8.06. The normalized spacial score (nSPS) is 11.2. The summed E-state index contributed by atoms with van der Waals surface area (Å²) < 4.78 is 15.1. The van der Waals surface area contributed by atoms with E-state index in [4.69, 9.17) is 40.5 Å². The minimum Gasteiger partial charge on any atom is -0.369 e. The molecular weight excluding hydrogens is 324 g/mol. The Kier molecular flexibility index (Phi) is 3.24. The predicted molar refractivity (Wildman–Crippen MR) is 80.5 cm³/mol. The molecule has 102 valence electrons. The smallest absolute Gasteiger partial charge is 0.205 e. The molecule has 1 heterocycles. The summed E-state index contributed by atoms with van der Waals surface area (Å²) in [7, 11) is 0. The first-order valence-electron chi connectivity index (χ1n) is 5.56. The lowest BCUT2D eigenvalue weighted by atomic mass is 10.2.